The van der Waals surface area contributed by atoms with Crippen molar-refractivity contribution >= 4 is 6.09 Å². The van der Waals surface area contributed by atoms with Gasteiger partial charge in [0.05, 0.1) is 13.2 Å². The molecule has 0 radical (unpaired) electrons. The van der Waals surface area contributed by atoms with Crippen LogP contribution in [0.15, 0.2) is 42.5 Å². The first-order valence-electron chi connectivity index (χ1n) is 9.50. The standard InChI is InChI=1S/C21H26N2O5/c1-16-6-4-7-17(23-16)8-5-11-25-12-13-26-21(24)22-14-18-15-27-19-9-2-3-10-20(19)28-18/h2-4,6-7,9-10,18H,5,8,11-15H2,1H3,(H,22,24). The molecule has 7 heteroatoms. The third kappa shape index (κ3) is 6.42. The van der Waals surface area contributed by atoms with Crippen molar-refractivity contribution in [2.24, 2.45) is 0 Å². The average molecular weight is 386 g/mol. The van der Waals surface area contributed by atoms with E-state index in [0.717, 1.165) is 30.0 Å². The highest BCUT2D eigenvalue weighted by Gasteiger charge is 2.21. The van der Waals surface area contributed by atoms with Gasteiger partial charge < -0.3 is 24.3 Å². The number of hydrogen-bond donors (Lipinski definition) is 1. The highest BCUT2D eigenvalue weighted by Crippen LogP contribution is 2.30. The number of carbonyl (C=O) groups excluding carboxylic acids is 1. The van der Waals surface area contributed by atoms with E-state index in [4.69, 9.17) is 18.9 Å². The summed E-state index contributed by atoms with van der Waals surface area (Å²) < 4.78 is 22.0. The number of nitrogens with one attached hydrogen (secondary N) is 1. The van der Waals surface area contributed by atoms with Crippen LogP contribution in [0.25, 0.3) is 0 Å². The molecule has 1 aromatic heterocycles. The van der Waals surface area contributed by atoms with E-state index >= 15 is 0 Å². The smallest absolute Gasteiger partial charge is 0.407 e. The summed E-state index contributed by atoms with van der Waals surface area (Å²) in [6, 6.07) is 13.5. The molecule has 1 atom stereocenters. The summed E-state index contributed by atoms with van der Waals surface area (Å²) in [7, 11) is 0. The van der Waals surface area contributed by atoms with E-state index in [2.05, 4.69) is 10.3 Å². The van der Waals surface area contributed by atoms with Crippen LogP contribution in [0.2, 0.25) is 0 Å². The van der Waals surface area contributed by atoms with Crippen molar-refractivity contribution < 1.29 is 23.7 Å². The van der Waals surface area contributed by atoms with Crippen molar-refractivity contribution in [3.05, 3.63) is 53.9 Å². The fourth-order valence-electron chi connectivity index (χ4n) is 2.80. The van der Waals surface area contributed by atoms with E-state index in [9.17, 15) is 4.79 Å². The number of ether oxygens (including phenoxy) is 4. The highest BCUT2D eigenvalue weighted by atomic mass is 16.6. The molecule has 0 spiro atoms. The van der Waals surface area contributed by atoms with Gasteiger partial charge in [-0.05, 0) is 44.0 Å². The predicted octanol–water partition coefficient (Wildman–Crippen LogP) is 2.91. The van der Waals surface area contributed by atoms with Crippen molar-refractivity contribution in [1.82, 2.24) is 10.3 Å². The van der Waals surface area contributed by atoms with Gasteiger partial charge in [-0.3, -0.25) is 4.98 Å². The number of alkyl carbamates (subject to hydrolysis) is 1. The Morgan fingerprint density at radius 1 is 1.14 bits per heavy atom. The Morgan fingerprint density at radius 3 is 2.86 bits per heavy atom. The Labute approximate surface area is 165 Å². The fraction of sp³-hybridized carbons (Fsp3) is 0.429. The number of rotatable bonds is 9. The molecule has 1 amide bonds. The number of para-hydroxylation sites is 2. The number of hydrogen-bond acceptors (Lipinski definition) is 6. The number of aryl methyl sites for hydroxylation is 2. The topological polar surface area (TPSA) is 78.9 Å². The van der Waals surface area contributed by atoms with Crippen LogP contribution in [0.4, 0.5) is 4.79 Å². The second-order valence-electron chi connectivity index (χ2n) is 6.50. The van der Waals surface area contributed by atoms with Crippen LogP contribution in [-0.4, -0.2) is 50.2 Å². The number of amides is 1. The second kappa shape index (κ2) is 10.5. The minimum Gasteiger partial charge on any atom is -0.486 e. The lowest BCUT2D eigenvalue weighted by Gasteiger charge is -2.26. The summed E-state index contributed by atoms with van der Waals surface area (Å²) in [4.78, 5) is 16.2. The van der Waals surface area contributed by atoms with Gasteiger partial charge in [-0.25, -0.2) is 4.79 Å². The molecule has 1 unspecified atom stereocenters. The number of carbonyl (C=O) groups is 1. The molecule has 1 aliphatic rings. The molecule has 2 heterocycles. The molecular weight excluding hydrogens is 360 g/mol. The fourth-order valence-corrected chi connectivity index (χ4v) is 2.80. The van der Waals surface area contributed by atoms with E-state index < -0.39 is 6.09 Å². The Hall–Kier alpha value is -2.80. The van der Waals surface area contributed by atoms with Crippen molar-refractivity contribution in [1.29, 1.82) is 0 Å². The first kappa shape index (κ1) is 19.9. The normalized spacial score (nSPS) is 15.1. The van der Waals surface area contributed by atoms with Crippen molar-refractivity contribution in [3.8, 4) is 11.5 Å². The molecule has 7 nitrogen and oxygen atoms in total. The molecule has 0 saturated heterocycles. The zero-order chi connectivity index (χ0) is 19.6. The third-order valence-electron chi connectivity index (χ3n) is 4.17. The number of pyridine rings is 1. The maximum absolute atomic E-state index is 11.7. The molecular formula is C21H26N2O5. The van der Waals surface area contributed by atoms with Crippen LogP contribution >= 0.6 is 0 Å². The zero-order valence-corrected chi connectivity index (χ0v) is 16.1. The van der Waals surface area contributed by atoms with Gasteiger partial charge in [0.15, 0.2) is 17.6 Å². The molecule has 1 N–H and O–H groups in total. The zero-order valence-electron chi connectivity index (χ0n) is 16.1. The Kier molecular flexibility index (Phi) is 7.49. The van der Waals surface area contributed by atoms with Gasteiger partial charge in [0.1, 0.15) is 13.2 Å². The van der Waals surface area contributed by atoms with Gasteiger partial charge in [-0.2, -0.15) is 0 Å². The molecule has 3 rings (SSSR count). The summed E-state index contributed by atoms with van der Waals surface area (Å²) in [6.45, 7) is 3.86. The molecule has 2 aromatic rings. The largest absolute Gasteiger partial charge is 0.486 e. The van der Waals surface area contributed by atoms with E-state index in [-0.39, 0.29) is 12.7 Å². The number of benzene rings is 1. The summed E-state index contributed by atoms with van der Waals surface area (Å²) in [6.07, 6.45) is 1.02. The van der Waals surface area contributed by atoms with E-state index in [1.807, 2.05) is 49.4 Å². The van der Waals surface area contributed by atoms with Crippen LogP contribution in [0.3, 0.4) is 0 Å². The van der Waals surface area contributed by atoms with Gasteiger partial charge in [0.25, 0.3) is 0 Å². The lowest BCUT2D eigenvalue weighted by atomic mass is 10.2. The van der Waals surface area contributed by atoms with Crippen molar-refractivity contribution in [2.45, 2.75) is 25.9 Å². The van der Waals surface area contributed by atoms with Gasteiger partial charge in [0, 0.05) is 18.0 Å². The molecule has 0 fully saturated rings. The summed E-state index contributed by atoms with van der Waals surface area (Å²) >= 11 is 0. The first-order valence-corrected chi connectivity index (χ1v) is 9.50. The molecule has 28 heavy (non-hydrogen) atoms. The molecule has 0 aliphatic carbocycles. The average Bonchev–Trinajstić information content (AvgIpc) is 2.71. The van der Waals surface area contributed by atoms with Gasteiger partial charge >= 0.3 is 6.09 Å². The SMILES string of the molecule is Cc1cccc(CCCOCCOC(=O)NCC2COc3ccccc3O2)n1. The lowest BCUT2D eigenvalue weighted by molar-refractivity contribution is 0.0646. The summed E-state index contributed by atoms with van der Waals surface area (Å²) in [5.41, 5.74) is 2.09. The van der Waals surface area contributed by atoms with Crippen molar-refractivity contribution in [3.63, 3.8) is 0 Å². The Bertz CT molecular complexity index is 768. The lowest BCUT2D eigenvalue weighted by Crippen LogP contribution is -2.41. The monoisotopic (exact) mass is 386 g/mol. The number of nitrogens with zero attached hydrogens (tertiary/aromatic N) is 1. The van der Waals surface area contributed by atoms with Crippen LogP contribution in [-0.2, 0) is 15.9 Å². The van der Waals surface area contributed by atoms with Gasteiger partial charge in [-0.1, -0.05) is 18.2 Å². The maximum atomic E-state index is 11.7. The Balaban J connectivity index is 1.21. The summed E-state index contributed by atoms with van der Waals surface area (Å²) in [5, 5.41) is 2.68. The second-order valence-corrected chi connectivity index (χ2v) is 6.50. The first-order chi connectivity index (χ1) is 13.7. The van der Waals surface area contributed by atoms with Crippen LogP contribution in [0, 0.1) is 6.92 Å². The van der Waals surface area contributed by atoms with Crippen LogP contribution in [0.1, 0.15) is 17.8 Å². The molecule has 1 aromatic carbocycles. The molecule has 0 bridgehead atoms. The maximum Gasteiger partial charge on any atom is 0.407 e. The van der Waals surface area contributed by atoms with E-state index in [0.29, 0.717) is 32.1 Å². The summed E-state index contributed by atoms with van der Waals surface area (Å²) in [5.74, 6) is 1.40. The minimum atomic E-state index is -0.491. The number of aromatic nitrogens is 1. The van der Waals surface area contributed by atoms with Gasteiger partial charge in [-0.15, -0.1) is 0 Å². The van der Waals surface area contributed by atoms with E-state index in [1.165, 1.54) is 0 Å². The molecule has 0 saturated carbocycles. The van der Waals surface area contributed by atoms with Crippen LogP contribution < -0.4 is 14.8 Å². The van der Waals surface area contributed by atoms with E-state index in [1.54, 1.807) is 0 Å². The molecule has 1 aliphatic heterocycles. The highest BCUT2D eigenvalue weighted by molar-refractivity contribution is 5.67. The predicted molar refractivity (Wildman–Crippen MR) is 104 cm³/mol. The van der Waals surface area contributed by atoms with Crippen molar-refractivity contribution in [2.75, 3.05) is 33.0 Å². The third-order valence-corrected chi connectivity index (χ3v) is 4.17. The Morgan fingerprint density at radius 2 is 2.00 bits per heavy atom. The minimum absolute atomic E-state index is 0.208. The quantitative estimate of drug-likeness (QED) is 0.668. The van der Waals surface area contributed by atoms with Crippen LogP contribution in [0.5, 0.6) is 11.5 Å². The molecule has 150 valence electrons. The number of fused-ring (bicyclic) bond motifs is 1. The van der Waals surface area contributed by atoms with Gasteiger partial charge in [0.2, 0.25) is 0 Å².